The van der Waals surface area contributed by atoms with E-state index < -0.39 is 21.7 Å². The lowest BCUT2D eigenvalue weighted by atomic mass is 10.0. The summed E-state index contributed by atoms with van der Waals surface area (Å²) in [4.78, 5) is 12.1. The molecule has 0 atom stereocenters. The van der Waals surface area contributed by atoms with Crippen molar-refractivity contribution in [3.8, 4) is 5.75 Å². The summed E-state index contributed by atoms with van der Waals surface area (Å²) in [6, 6.07) is 17.3. The average molecular weight is 475 g/mol. The van der Waals surface area contributed by atoms with E-state index in [0.717, 1.165) is 11.1 Å². The number of hydrogen-bond donors (Lipinski definition) is 1. The number of rotatable bonds is 6. The first-order valence-electron chi connectivity index (χ1n) is 9.87. The van der Waals surface area contributed by atoms with Gasteiger partial charge >= 0.3 is 0 Å². The van der Waals surface area contributed by atoms with Gasteiger partial charge in [-0.1, -0.05) is 35.9 Å². The van der Waals surface area contributed by atoms with E-state index >= 15 is 0 Å². The molecule has 1 aliphatic rings. The Morgan fingerprint density at radius 2 is 1.78 bits per heavy atom. The summed E-state index contributed by atoms with van der Waals surface area (Å²) in [5, 5.41) is 2.65. The lowest BCUT2D eigenvalue weighted by Crippen LogP contribution is -2.35. The molecule has 1 heterocycles. The van der Waals surface area contributed by atoms with Crippen molar-refractivity contribution in [2.75, 3.05) is 18.5 Å². The van der Waals surface area contributed by atoms with Gasteiger partial charge in [0.1, 0.15) is 11.6 Å². The van der Waals surface area contributed by atoms with Crippen molar-refractivity contribution >= 4 is 33.2 Å². The van der Waals surface area contributed by atoms with Gasteiger partial charge in [0.2, 0.25) is 10.0 Å². The highest BCUT2D eigenvalue weighted by molar-refractivity contribution is 7.89. The smallest absolute Gasteiger partial charge is 0.262 e. The van der Waals surface area contributed by atoms with E-state index in [1.54, 1.807) is 0 Å². The first-order valence-corrected chi connectivity index (χ1v) is 11.7. The summed E-state index contributed by atoms with van der Waals surface area (Å²) in [5.41, 5.74) is 2.57. The summed E-state index contributed by atoms with van der Waals surface area (Å²) in [6.45, 7) is 0.350. The molecule has 32 heavy (non-hydrogen) atoms. The zero-order valence-electron chi connectivity index (χ0n) is 16.9. The topological polar surface area (TPSA) is 75.7 Å². The number of sulfonamides is 1. The van der Waals surface area contributed by atoms with Crippen molar-refractivity contribution in [1.82, 2.24) is 4.31 Å². The predicted octanol–water partition coefficient (Wildman–Crippen LogP) is 4.24. The van der Waals surface area contributed by atoms with Gasteiger partial charge in [0.05, 0.1) is 9.92 Å². The molecule has 3 aromatic rings. The van der Waals surface area contributed by atoms with Gasteiger partial charge in [-0.3, -0.25) is 4.79 Å². The molecule has 9 heteroatoms. The van der Waals surface area contributed by atoms with Gasteiger partial charge in [-0.25, -0.2) is 12.8 Å². The maximum Gasteiger partial charge on any atom is 0.262 e. The summed E-state index contributed by atoms with van der Waals surface area (Å²) in [7, 11) is -3.74. The second kappa shape index (κ2) is 9.28. The zero-order valence-corrected chi connectivity index (χ0v) is 18.5. The molecule has 0 aliphatic carbocycles. The summed E-state index contributed by atoms with van der Waals surface area (Å²) < 4.78 is 46.0. The summed E-state index contributed by atoms with van der Waals surface area (Å²) in [5.74, 6) is -0.685. The molecule has 4 rings (SSSR count). The molecule has 1 N–H and O–H groups in total. The van der Waals surface area contributed by atoms with E-state index in [4.69, 9.17) is 16.3 Å². The van der Waals surface area contributed by atoms with E-state index in [9.17, 15) is 17.6 Å². The Labute approximate surface area is 190 Å². The van der Waals surface area contributed by atoms with Gasteiger partial charge in [-0.2, -0.15) is 4.31 Å². The number of hydrogen-bond acceptors (Lipinski definition) is 4. The van der Waals surface area contributed by atoms with Gasteiger partial charge in [0.15, 0.2) is 6.61 Å². The molecule has 0 spiro atoms. The van der Waals surface area contributed by atoms with Crippen LogP contribution >= 0.6 is 11.6 Å². The molecule has 0 fully saturated rings. The lowest BCUT2D eigenvalue weighted by Gasteiger charge is -2.28. The zero-order chi connectivity index (χ0) is 22.7. The van der Waals surface area contributed by atoms with Crippen LogP contribution in [-0.2, 0) is 27.8 Å². The van der Waals surface area contributed by atoms with Gasteiger partial charge in [-0.15, -0.1) is 0 Å². The van der Waals surface area contributed by atoms with Crippen molar-refractivity contribution in [1.29, 1.82) is 0 Å². The molecule has 0 bridgehead atoms. The highest BCUT2D eigenvalue weighted by Crippen LogP contribution is 2.31. The van der Waals surface area contributed by atoms with Crippen LogP contribution < -0.4 is 10.1 Å². The normalized spacial score (nSPS) is 13.9. The third-order valence-corrected chi connectivity index (χ3v) is 7.26. The van der Waals surface area contributed by atoms with E-state index in [-0.39, 0.29) is 22.3 Å². The van der Waals surface area contributed by atoms with Crippen LogP contribution in [0.4, 0.5) is 10.1 Å². The van der Waals surface area contributed by atoms with Gasteiger partial charge in [0.25, 0.3) is 5.91 Å². The van der Waals surface area contributed by atoms with Crippen LogP contribution in [0.25, 0.3) is 0 Å². The fourth-order valence-corrected chi connectivity index (χ4v) is 5.20. The Kier molecular flexibility index (Phi) is 6.45. The van der Waals surface area contributed by atoms with E-state index in [0.29, 0.717) is 25.2 Å². The van der Waals surface area contributed by atoms with Crippen LogP contribution in [0.1, 0.15) is 11.1 Å². The minimum atomic E-state index is -3.74. The van der Waals surface area contributed by atoms with Crippen molar-refractivity contribution in [3.05, 3.63) is 88.7 Å². The molecule has 3 aromatic carbocycles. The highest BCUT2D eigenvalue weighted by atomic mass is 35.5. The molecule has 0 aromatic heterocycles. The summed E-state index contributed by atoms with van der Waals surface area (Å²) in [6.07, 6.45) is 0.646. The molecule has 1 amide bonds. The van der Waals surface area contributed by atoms with E-state index in [2.05, 4.69) is 5.32 Å². The van der Waals surface area contributed by atoms with Gasteiger partial charge in [-0.05, 0) is 60.0 Å². The molecule has 0 saturated heterocycles. The molecule has 0 saturated carbocycles. The second-order valence-electron chi connectivity index (χ2n) is 7.29. The third-order valence-electron chi connectivity index (χ3n) is 5.12. The van der Waals surface area contributed by atoms with Gasteiger partial charge < -0.3 is 10.1 Å². The number of amides is 1. The number of ether oxygens (including phenoxy) is 1. The minimum Gasteiger partial charge on any atom is -0.482 e. The Morgan fingerprint density at radius 1 is 1.06 bits per heavy atom. The van der Waals surface area contributed by atoms with Crippen molar-refractivity contribution in [2.24, 2.45) is 0 Å². The fourth-order valence-electron chi connectivity index (χ4n) is 3.46. The van der Waals surface area contributed by atoms with E-state index in [1.807, 2.05) is 24.3 Å². The molecule has 0 unspecified atom stereocenters. The van der Waals surface area contributed by atoms with Gasteiger partial charge in [0, 0.05) is 18.8 Å². The predicted molar refractivity (Wildman–Crippen MR) is 120 cm³/mol. The van der Waals surface area contributed by atoms with Crippen LogP contribution in [0.5, 0.6) is 5.75 Å². The largest absolute Gasteiger partial charge is 0.482 e. The number of halogens is 2. The van der Waals surface area contributed by atoms with Crippen LogP contribution in [-0.4, -0.2) is 31.8 Å². The highest BCUT2D eigenvalue weighted by Gasteiger charge is 2.28. The number of carbonyl (C=O) groups is 1. The molecular formula is C23H20ClFN2O4S. The number of anilines is 1. The number of fused-ring (bicyclic) bond motifs is 1. The first-order chi connectivity index (χ1) is 15.3. The third kappa shape index (κ3) is 4.93. The number of benzene rings is 3. The minimum absolute atomic E-state index is 0.0602. The van der Waals surface area contributed by atoms with Crippen molar-refractivity contribution in [2.45, 2.75) is 17.9 Å². The molecular weight excluding hydrogens is 455 g/mol. The molecule has 0 radical (unpaired) electrons. The Hall–Kier alpha value is -2.94. The lowest BCUT2D eigenvalue weighted by molar-refractivity contribution is -0.118. The van der Waals surface area contributed by atoms with Crippen molar-refractivity contribution < 1.29 is 22.3 Å². The Morgan fingerprint density at radius 3 is 2.50 bits per heavy atom. The fraction of sp³-hybridized carbons (Fsp3) is 0.174. The maximum absolute atomic E-state index is 13.1. The quantitative estimate of drug-likeness (QED) is 0.579. The maximum atomic E-state index is 13.1. The number of carbonyl (C=O) groups excluding carboxylic acids is 1. The Bertz CT molecular complexity index is 1250. The SMILES string of the molecule is O=C(COc1ccc(S(=O)(=O)N2CCc3ccccc3C2)cc1Cl)Nc1ccc(F)cc1. The van der Waals surface area contributed by atoms with Crippen LogP contribution in [0.2, 0.25) is 5.02 Å². The van der Waals surface area contributed by atoms with Crippen molar-refractivity contribution in [3.63, 3.8) is 0 Å². The monoisotopic (exact) mass is 474 g/mol. The van der Waals surface area contributed by atoms with E-state index in [1.165, 1.54) is 46.8 Å². The summed E-state index contributed by atoms with van der Waals surface area (Å²) >= 11 is 6.24. The number of nitrogens with one attached hydrogen (secondary N) is 1. The van der Waals surface area contributed by atoms with Crippen LogP contribution in [0.3, 0.4) is 0 Å². The first kappa shape index (κ1) is 22.3. The second-order valence-corrected chi connectivity index (χ2v) is 9.64. The van der Waals surface area contributed by atoms with Crippen LogP contribution in [0.15, 0.2) is 71.6 Å². The number of nitrogens with zero attached hydrogens (tertiary/aromatic N) is 1. The molecule has 6 nitrogen and oxygen atoms in total. The molecule has 1 aliphatic heterocycles. The Balaban J connectivity index is 1.41. The standard InChI is InChI=1S/C23H20ClFN2O4S/c24-21-13-20(32(29,30)27-12-11-16-3-1-2-4-17(16)14-27)9-10-22(21)31-15-23(28)26-19-7-5-18(25)6-8-19/h1-10,13H,11-12,14-15H2,(H,26,28). The molecule has 166 valence electrons. The average Bonchev–Trinajstić information content (AvgIpc) is 2.79. The van der Waals surface area contributed by atoms with Crippen LogP contribution in [0, 0.1) is 5.82 Å².